The number of rotatable bonds is 2. The number of aromatic amines is 1. The molecule has 1 aliphatic rings. The van der Waals surface area contributed by atoms with E-state index in [2.05, 4.69) is 15.5 Å². The number of carbonyl (C=O) groups is 1. The predicted octanol–water partition coefficient (Wildman–Crippen LogP) is 2.94. The molecule has 2 rings (SSSR count). The van der Waals surface area contributed by atoms with Crippen molar-refractivity contribution in [3.63, 3.8) is 0 Å². The van der Waals surface area contributed by atoms with Gasteiger partial charge < -0.3 is 5.32 Å². The summed E-state index contributed by atoms with van der Waals surface area (Å²) in [7, 11) is 0. The smallest absolute Gasteiger partial charge is 0.323 e. The fourth-order valence-corrected chi connectivity index (χ4v) is 2.48. The number of aryl methyl sites for hydroxylation is 2. The minimum absolute atomic E-state index is 0.0327. The van der Waals surface area contributed by atoms with Crippen molar-refractivity contribution in [1.82, 2.24) is 10.2 Å². The van der Waals surface area contributed by atoms with Crippen LogP contribution in [0.5, 0.6) is 0 Å². The fraction of sp³-hybridized carbons (Fsp3) is 0.667. The first-order valence-corrected chi connectivity index (χ1v) is 6.18. The molecule has 0 saturated heterocycles. The van der Waals surface area contributed by atoms with Gasteiger partial charge in [-0.15, -0.1) is 0 Å². The van der Waals surface area contributed by atoms with E-state index in [9.17, 15) is 18.0 Å². The van der Waals surface area contributed by atoms with E-state index in [1.807, 2.05) is 0 Å². The van der Waals surface area contributed by atoms with Crippen molar-refractivity contribution in [2.24, 2.45) is 11.8 Å². The number of nitrogens with zero attached hydrogens (tertiary/aromatic N) is 1. The molecule has 2 unspecified atom stereocenters. The molecule has 0 spiro atoms. The highest BCUT2D eigenvalue weighted by molar-refractivity contribution is 5.93. The van der Waals surface area contributed by atoms with E-state index in [0.29, 0.717) is 17.1 Å². The number of amides is 1. The predicted molar refractivity (Wildman–Crippen MR) is 63.6 cm³/mol. The van der Waals surface area contributed by atoms with E-state index in [1.165, 1.54) is 0 Å². The molecule has 106 valence electrons. The molecule has 1 fully saturated rings. The maximum absolute atomic E-state index is 12.6. The number of alkyl halides is 3. The molecule has 2 atom stereocenters. The molecule has 1 aromatic heterocycles. The van der Waals surface area contributed by atoms with Crippen molar-refractivity contribution in [3.8, 4) is 0 Å². The molecule has 1 saturated carbocycles. The number of hydrogen-bond acceptors (Lipinski definition) is 2. The Morgan fingerprint density at radius 3 is 2.53 bits per heavy atom. The number of hydrogen-bond donors (Lipinski definition) is 2. The summed E-state index contributed by atoms with van der Waals surface area (Å²) >= 11 is 0. The number of H-pyrrole nitrogens is 1. The van der Waals surface area contributed by atoms with Crippen LogP contribution in [-0.4, -0.2) is 22.3 Å². The van der Waals surface area contributed by atoms with Gasteiger partial charge in [0, 0.05) is 5.92 Å². The third-order valence-electron chi connectivity index (χ3n) is 3.64. The van der Waals surface area contributed by atoms with Crippen LogP contribution in [0.25, 0.3) is 0 Å². The topological polar surface area (TPSA) is 57.8 Å². The third kappa shape index (κ3) is 2.90. The van der Waals surface area contributed by atoms with Crippen LogP contribution in [0.4, 0.5) is 18.9 Å². The number of aromatic nitrogens is 2. The van der Waals surface area contributed by atoms with Gasteiger partial charge >= 0.3 is 6.18 Å². The van der Waals surface area contributed by atoms with E-state index < -0.39 is 18.0 Å². The summed E-state index contributed by atoms with van der Waals surface area (Å²) in [5.74, 6) is -2.27. The summed E-state index contributed by atoms with van der Waals surface area (Å²) in [6.07, 6.45) is -4.00. The van der Waals surface area contributed by atoms with Gasteiger partial charge in [0.2, 0.25) is 5.91 Å². The van der Waals surface area contributed by atoms with Crippen LogP contribution in [-0.2, 0) is 4.79 Å². The van der Waals surface area contributed by atoms with Gasteiger partial charge in [-0.3, -0.25) is 9.89 Å². The molecule has 4 nitrogen and oxygen atoms in total. The Balaban J connectivity index is 1.99. The van der Waals surface area contributed by atoms with Crippen LogP contribution in [0.15, 0.2) is 0 Å². The van der Waals surface area contributed by atoms with Crippen molar-refractivity contribution >= 4 is 11.6 Å². The Labute approximate surface area is 108 Å². The van der Waals surface area contributed by atoms with Gasteiger partial charge in [-0.1, -0.05) is 0 Å². The average molecular weight is 275 g/mol. The summed E-state index contributed by atoms with van der Waals surface area (Å²) in [5.41, 5.74) is 1.91. The second kappa shape index (κ2) is 4.86. The zero-order valence-electron chi connectivity index (χ0n) is 10.8. The molecular weight excluding hydrogens is 259 g/mol. The van der Waals surface area contributed by atoms with E-state index in [4.69, 9.17) is 0 Å². The number of halogens is 3. The molecule has 0 aromatic carbocycles. The maximum Gasteiger partial charge on any atom is 0.391 e. The Hall–Kier alpha value is -1.53. The Morgan fingerprint density at radius 2 is 2.05 bits per heavy atom. The van der Waals surface area contributed by atoms with Gasteiger partial charge in [0.05, 0.1) is 23.0 Å². The van der Waals surface area contributed by atoms with Crippen LogP contribution >= 0.6 is 0 Å². The van der Waals surface area contributed by atoms with E-state index >= 15 is 0 Å². The van der Waals surface area contributed by atoms with Crippen molar-refractivity contribution < 1.29 is 18.0 Å². The maximum atomic E-state index is 12.6. The van der Waals surface area contributed by atoms with Crippen LogP contribution in [0, 0.1) is 25.7 Å². The lowest BCUT2D eigenvalue weighted by atomic mass is 10.0. The summed E-state index contributed by atoms with van der Waals surface area (Å²) in [5, 5.41) is 9.32. The zero-order valence-corrected chi connectivity index (χ0v) is 10.8. The fourth-order valence-electron chi connectivity index (χ4n) is 2.48. The first kappa shape index (κ1) is 13.9. The molecular formula is C12H16F3N3O. The molecule has 0 bridgehead atoms. The van der Waals surface area contributed by atoms with E-state index in [1.54, 1.807) is 13.8 Å². The first-order chi connectivity index (χ1) is 8.79. The van der Waals surface area contributed by atoms with E-state index in [0.717, 1.165) is 0 Å². The van der Waals surface area contributed by atoms with Crippen LogP contribution in [0.2, 0.25) is 0 Å². The second-order valence-electron chi connectivity index (χ2n) is 5.05. The molecule has 0 radical (unpaired) electrons. The highest BCUT2D eigenvalue weighted by Gasteiger charge is 2.45. The minimum atomic E-state index is -4.20. The summed E-state index contributed by atoms with van der Waals surface area (Å²) in [4.78, 5) is 12.0. The number of anilines is 1. The number of nitrogens with one attached hydrogen (secondary N) is 2. The summed E-state index contributed by atoms with van der Waals surface area (Å²) in [6, 6.07) is 0. The molecule has 1 amide bonds. The Bertz CT molecular complexity index is 462. The summed E-state index contributed by atoms with van der Waals surface area (Å²) < 4.78 is 37.7. The van der Waals surface area contributed by atoms with Gasteiger partial charge in [0.15, 0.2) is 0 Å². The normalized spacial score (nSPS) is 23.6. The van der Waals surface area contributed by atoms with Gasteiger partial charge in [0.1, 0.15) is 0 Å². The molecule has 1 heterocycles. The molecule has 1 aromatic rings. The molecule has 7 heteroatoms. The average Bonchev–Trinajstić information content (AvgIpc) is 2.90. The van der Waals surface area contributed by atoms with Gasteiger partial charge in [0.25, 0.3) is 0 Å². The molecule has 19 heavy (non-hydrogen) atoms. The largest absolute Gasteiger partial charge is 0.391 e. The lowest BCUT2D eigenvalue weighted by molar-refractivity contribution is -0.173. The van der Waals surface area contributed by atoms with Gasteiger partial charge in [-0.05, 0) is 33.1 Å². The van der Waals surface area contributed by atoms with Crippen molar-refractivity contribution in [3.05, 3.63) is 11.4 Å². The van der Waals surface area contributed by atoms with Crippen LogP contribution in [0.1, 0.15) is 30.7 Å². The first-order valence-electron chi connectivity index (χ1n) is 6.18. The minimum Gasteiger partial charge on any atom is -0.323 e. The van der Waals surface area contributed by atoms with Gasteiger partial charge in [-0.2, -0.15) is 18.3 Å². The van der Waals surface area contributed by atoms with Crippen molar-refractivity contribution in [2.45, 2.75) is 39.3 Å². The van der Waals surface area contributed by atoms with E-state index in [-0.39, 0.29) is 25.2 Å². The SMILES string of the molecule is Cc1n[nH]c(C)c1NC(=O)C1CCC(C(F)(F)F)C1. The number of carbonyl (C=O) groups excluding carboxylic acids is 1. The van der Waals surface area contributed by atoms with Crippen molar-refractivity contribution in [2.75, 3.05) is 5.32 Å². The highest BCUT2D eigenvalue weighted by Crippen LogP contribution is 2.42. The summed E-state index contributed by atoms with van der Waals surface area (Å²) in [6.45, 7) is 3.48. The zero-order chi connectivity index (χ0) is 14.2. The highest BCUT2D eigenvalue weighted by atomic mass is 19.4. The van der Waals surface area contributed by atoms with Crippen LogP contribution in [0.3, 0.4) is 0 Å². The standard InChI is InChI=1S/C12H16F3N3O/c1-6-10(7(2)18-17-6)16-11(19)8-3-4-9(5-8)12(13,14)15/h8-9H,3-5H2,1-2H3,(H,16,19)(H,17,18). The van der Waals surface area contributed by atoms with Gasteiger partial charge in [-0.25, -0.2) is 0 Å². The molecule has 2 N–H and O–H groups in total. The Kier molecular flexibility index (Phi) is 3.56. The Morgan fingerprint density at radius 1 is 1.37 bits per heavy atom. The second-order valence-corrected chi connectivity index (χ2v) is 5.05. The quantitative estimate of drug-likeness (QED) is 0.871. The molecule has 0 aliphatic heterocycles. The third-order valence-corrected chi connectivity index (χ3v) is 3.64. The lowest BCUT2D eigenvalue weighted by Crippen LogP contribution is -2.24. The van der Waals surface area contributed by atoms with Crippen molar-refractivity contribution in [1.29, 1.82) is 0 Å². The lowest BCUT2D eigenvalue weighted by Gasteiger charge is -2.14. The monoisotopic (exact) mass is 275 g/mol. The molecule has 1 aliphatic carbocycles. The van der Waals surface area contributed by atoms with Crippen LogP contribution < -0.4 is 5.32 Å².